The number of halogens is 1. The summed E-state index contributed by atoms with van der Waals surface area (Å²) in [5.74, 6) is 1.69. The number of benzene rings is 1. The van der Waals surface area contributed by atoms with Gasteiger partial charge in [-0.15, -0.1) is 0 Å². The summed E-state index contributed by atoms with van der Waals surface area (Å²) >= 11 is 0. The van der Waals surface area contributed by atoms with E-state index in [1.54, 1.807) is 24.5 Å². The lowest BCUT2D eigenvalue weighted by atomic mass is 9.73. The van der Waals surface area contributed by atoms with Crippen LogP contribution in [0.15, 0.2) is 53.3 Å². The minimum Gasteiger partial charge on any atom is -0.342 e. The van der Waals surface area contributed by atoms with Gasteiger partial charge in [-0.2, -0.15) is 4.98 Å². The van der Waals surface area contributed by atoms with Crippen molar-refractivity contribution < 1.29 is 13.7 Å². The minimum absolute atomic E-state index is 0.145. The fraction of sp³-hybridized carbons (Fsp3) is 0.417. The first kappa shape index (κ1) is 19.8. The highest BCUT2D eigenvalue weighted by Gasteiger charge is 2.44. The average molecular weight is 420 g/mol. The smallest absolute Gasteiger partial charge is 0.257 e. The van der Waals surface area contributed by atoms with Crippen molar-refractivity contribution >= 4 is 5.91 Å². The van der Waals surface area contributed by atoms with Crippen molar-refractivity contribution in [2.24, 2.45) is 5.92 Å². The van der Waals surface area contributed by atoms with Crippen molar-refractivity contribution in [3.63, 3.8) is 0 Å². The molecule has 2 aliphatic rings. The number of piperidine rings is 1. The molecule has 3 heterocycles. The highest BCUT2D eigenvalue weighted by Crippen LogP contribution is 2.46. The molecule has 0 N–H and O–H groups in total. The Morgan fingerprint density at radius 1 is 1.10 bits per heavy atom. The first-order valence-corrected chi connectivity index (χ1v) is 10.9. The normalized spacial score (nSPS) is 18.2. The first-order chi connectivity index (χ1) is 15.1. The van der Waals surface area contributed by atoms with E-state index in [9.17, 15) is 9.18 Å². The number of hydrogen-bond acceptors (Lipinski definition) is 5. The molecule has 31 heavy (non-hydrogen) atoms. The molecule has 2 fully saturated rings. The van der Waals surface area contributed by atoms with Crippen molar-refractivity contribution in [2.75, 3.05) is 13.1 Å². The van der Waals surface area contributed by atoms with E-state index in [1.807, 2.05) is 17.0 Å². The molecular weight excluding hydrogens is 395 g/mol. The number of nitrogens with zero attached hydrogens (tertiary/aromatic N) is 4. The van der Waals surface area contributed by atoms with Crippen LogP contribution in [0.5, 0.6) is 0 Å². The fourth-order valence-corrected chi connectivity index (χ4v) is 4.51. The molecule has 5 rings (SSSR count). The lowest BCUT2D eigenvalue weighted by Gasteiger charge is -2.40. The van der Waals surface area contributed by atoms with Crippen LogP contribution >= 0.6 is 0 Å². The highest BCUT2D eigenvalue weighted by molar-refractivity contribution is 5.78. The van der Waals surface area contributed by atoms with Crippen molar-refractivity contribution in [2.45, 2.75) is 43.9 Å². The van der Waals surface area contributed by atoms with Gasteiger partial charge in [0.05, 0.1) is 6.42 Å². The van der Waals surface area contributed by atoms with Crippen LogP contribution < -0.4 is 0 Å². The maximum absolute atomic E-state index is 13.2. The molecule has 0 radical (unpaired) electrons. The number of aromatic nitrogens is 3. The molecule has 1 amide bonds. The topological polar surface area (TPSA) is 72.1 Å². The Morgan fingerprint density at radius 2 is 1.81 bits per heavy atom. The standard InChI is InChI=1S/C24H25FN4O2/c25-20-5-3-19(4-6-20)22-27-23(28-31-22)24(16-18-1-2-18)9-13-29(14-10-24)21(30)15-17-7-11-26-12-8-17/h3-8,11-12,18H,1-2,9-10,13-16H2. The third kappa shape index (κ3) is 4.36. The molecule has 3 aromatic rings. The second-order valence-electron chi connectivity index (χ2n) is 8.77. The monoisotopic (exact) mass is 420 g/mol. The van der Waals surface area contributed by atoms with E-state index in [2.05, 4.69) is 10.1 Å². The SMILES string of the molecule is O=C(Cc1ccncc1)N1CCC(CC2CC2)(c2noc(-c3ccc(F)cc3)n2)CC1. The van der Waals surface area contributed by atoms with Gasteiger partial charge in [-0.3, -0.25) is 9.78 Å². The number of rotatable bonds is 6. The summed E-state index contributed by atoms with van der Waals surface area (Å²) in [7, 11) is 0. The Morgan fingerprint density at radius 3 is 2.48 bits per heavy atom. The molecule has 160 valence electrons. The molecule has 0 atom stereocenters. The molecule has 1 saturated heterocycles. The Kier molecular flexibility index (Phi) is 5.26. The third-order valence-corrected chi connectivity index (χ3v) is 6.55. The molecule has 0 bridgehead atoms. The van der Waals surface area contributed by atoms with E-state index >= 15 is 0 Å². The molecule has 0 unspecified atom stereocenters. The summed E-state index contributed by atoms with van der Waals surface area (Å²) < 4.78 is 18.8. The van der Waals surface area contributed by atoms with Gasteiger partial charge in [0.25, 0.3) is 5.89 Å². The molecule has 1 saturated carbocycles. The maximum atomic E-state index is 13.2. The molecule has 1 aliphatic carbocycles. The van der Waals surface area contributed by atoms with Crippen LogP contribution in [0.3, 0.4) is 0 Å². The van der Waals surface area contributed by atoms with E-state index in [4.69, 9.17) is 9.51 Å². The van der Waals surface area contributed by atoms with Gasteiger partial charge >= 0.3 is 0 Å². The Hall–Kier alpha value is -3.09. The van der Waals surface area contributed by atoms with Gasteiger partial charge < -0.3 is 9.42 Å². The summed E-state index contributed by atoms with van der Waals surface area (Å²) in [6.45, 7) is 1.38. The van der Waals surface area contributed by atoms with Gasteiger partial charge in [0.1, 0.15) is 5.82 Å². The predicted molar refractivity (Wildman–Crippen MR) is 112 cm³/mol. The third-order valence-electron chi connectivity index (χ3n) is 6.55. The summed E-state index contributed by atoms with van der Waals surface area (Å²) in [6.07, 6.45) is 9.01. The lowest BCUT2D eigenvalue weighted by Crippen LogP contribution is -2.46. The van der Waals surface area contributed by atoms with Crippen LogP contribution in [0, 0.1) is 11.7 Å². The van der Waals surface area contributed by atoms with Crippen molar-refractivity contribution in [3.05, 3.63) is 66.0 Å². The molecule has 1 aliphatic heterocycles. The number of carbonyl (C=O) groups is 1. The van der Waals surface area contributed by atoms with Crippen LogP contribution in [0.2, 0.25) is 0 Å². The number of carbonyl (C=O) groups excluding carboxylic acids is 1. The first-order valence-electron chi connectivity index (χ1n) is 10.9. The summed E-state index contributed by atoms with van der Waals surface area (Å²) in [5.41, 5.74) is 1.53. The fourth-order valence-electron chi connectivity index (χ4n) is 4.51. The van der Waals surface area contributed by atoms with E-state index < -0.39 is 0 Å². The number of amides is 1. The largest absolute Gasteiger partial charge is 0.342 e. The summed E-state index contributed by atoms with van der Waals surface area (Å²) in [6, 6.07) is 9.87. The van der Waals surface area contributed by atoms with Gasteiger partial charge in [0, 0.05) is 36.5 Å². The zero-order valence-electron chi connectivity index (χ0n) is 17.3. The van der Waals surface area contributed by atoms with Gasteiger partial charge in [-0.25, -0.2) is 4.39 Å². The second kappa shape index (κ2) is 8.21. The molecule has 1 aromatic carbocycles. The van der Waals surface area contributed by atoms with Crippen molar-refractivity contribution in [3.8, 4) is 11.5 Å². The van der Waals surface area contributed by atoms with E-state index in [-0.39, 0.29) is 17.1 Å². The zero-order chi connectivity index (χ0) is 21.3. The van der Waals surface area contributed by atoms with Crippen LogP contribution in [-0.2, 0) is 16.6 Å². The molecule has 0 spiro atoms. The van der Waals surface area contributed by atoms with Gasteiger partial charge in [0.2, 0.25) is 5.91 Å². The van der Waals surface area contributed by atoms with Crippen molar-refractivity contribution in [1.29, 1.82) is 0 Å². The van der Waals surface area contributed by atoms with Crippen LogP contribution in [0.4, 0.5) is 4.39 Å². The molecule has 2 aromatic heterocycles. The second-order valence-corrected chi connectivity index (χ2v) is 8.77. The van der Waals surface area contributed by atoms with E-state index in [0.717, 1.165) is 30.7 Å². The molecular formula is C24H25FN4O2. The lowest BCUT2D eigenvalue weighted by molar-refractivity contribution is -0.132. The van der Waals surface area contributed by atoms with Gasteiger partial charge in [-0.1, -0.05) is 18.0 Å². The Bertz CT molecular complexity index is 1040. The van der Waals surface area contributed by atoms with Gasteiger partial charge in [-0.05, 0) is 67.1 Å². The predicted octanol–water partition coefficient (Wildman–Crippen LogP) is 4.17. The maximum Gasteiger partial charge on any atom is 0.257 e. The average Bonchev–Trinajstić information content (AvgIpc) is 3.46. The van der Waals surface area contributed by atoms with Gasteiger partial charge in [0.15, 0.2) is 5.82 Å². The number of pyridine rings is 1. The number of likely N-dealkylation sites (tertiary alicyclic amines) is 1. The van der Waals surface area contributed by atoms with E-state index in [0.29, 0.717) is 36.9 Å². The van der Waals surface area contributed by atoms with Crippen LogP contribution in [-0.4, -0.2) is 39.0 Å². The summed E-state index contributed by atoms with van der Waals surface area (Å²) in [5, 5.41) is 4.34. The quantitative estimate of drug-likeness (QED) is 0.598. The Balaban J connectivity index is 1.31. The van der Waals surface area contributed by atoms with Crippen LogP contribution in [0.1, 0.15) is 43.5 Å². The van der Waals surface area contributed by atoms with Crippen LogP contribution in [0.25, 0.3) is 11.5 Å². The van der Waals surface area contributed by atoms with Crippen molar-refractivity contribution in [1.82, 2.24) is 20.0 Å². The molecule has 6 nitrogen and oxygen atoms in total. The molecule has 7 heteroatoms. The van der Waals surface area contributed by atoms with E-state index in [1.165, 1.54) is 25.0 Å². The Labute approximate surface area is 180 Å². The number of hydrogen-bond donors (Lipinski definition) is 0. The summed E-state index contributed by atoms with van der Waals surface area (Å²) in [4.78, 5) is 23.5. The minimum atomic E-state index is -0.294. The zero-order valence-corrected chi connectivity index (χ0v) is 17.3. The highest BCUT2D eigenvalue weighted by atomic mass is 19.1.